The standard InChI is InChI=1S/C28H29NO6/c1-27(2,3)35-26(31)29-21-15-11-10-14-20(21)28(25(29)30,18-12-8-7-9-13-18)19-16-22(32-4)24(34-6)23(17-19)33-5/h7-17H,1-6H3. The molecule has 0 saturated heterocycles. The van der Waals surface area contributed by atoms with Crippen molar-refractivity contribution >= 4 is 17.7 Å². The van der Waals surface area contributed by atoms with Gasteiger partial charge in [0.1, 0.15) is 11.0 Å². The SMILES string of the molecule is COc1cc(C2(c3ccccc3)C(=O)N(C(=O)OC(C)(C)C)c3ccccc32)cc(OC)c1OC. The van der Waals surface area contributed by atoms with Gasteiger partial charge in [-0.05, 0) is 50.1 Å². The number of benzene rings is 3. The summed E-state index contributed by atoms with van der Waals surface area (Å²) >= 11 is 0. The van der Waals surface area contributed by atoms with Gasteiger partial charge < -0.3 is 18.9 Å². The van der Waals surface area contributed by atoms with Crippen LogP contribution in [0.25, 0.3) is 0 Å². The monoisotopic (exact) mass is 475 g/mol. The predicted molar refractivity (Wildman–Crippen MR) is 133 cm³/mol. The van der Waals surface area contributed by atoms with E-state index in [-0.39, 0.29) is 0 Å². The number of para-hydroxylation sites is 1. The van der Waals surface area contributed by atoms with Crippen molar-refractivity contribution < 1.29 is 28.5 Å². The van der Waals surface area contributed by atoms with Gasteiger partial charge in [-0.25, -0.2) is 9.69 Å². The molecule has 35 heavy (non-hydrogen) atoms. The van der Waals surface area contributed by atoms with E-state index in [0.29, 0.717) is 39.6 Å². The summed E-state index contributed by atoms with van der Waals surface area (Å²) in [6.07, 6.45) is -0.736. The van der Waals surface area contributed by atoms with Crippen LogP contribution < -0.4 is 19.1 Å². The second-order valence-corrected chi connectivity index (χ2v) is 9.17. The average Bonchev–Trinajstić information content (AvgIpc) is 3.11. The Morgan fingerprint density at radius 1 is 0.800 bits per heavy atom. The van der Waals surface area contributed by atoms with E-state index in [1.165, 1.54) is 21.3 Å². The molecule has 0 fully saturated rings. The molecule has 0 radical (unpaired) electrons. The molecule has 2 amide bonds. The van der Waals surface area contributed by atoms with Gasteiger partial charge in [-0.1, -0.05) is 48.5 Å². The Morgan fingerprint density at radius 2 is 1.37 bits per heavy atom. The van der Waals surface area contributed by atoms with Crippen molar-refractivity contribution in [2.45, 2.75) is 31.8 Å². The quantitative estimate of drug-likeness (QED) is 0.497. The Balaban J connectivity index is 2.07. The largest absolute Gasteiger partial charge is 0.493 e. The number of ether oxygens (including phenoxy) is 4. The molecule has 0 bridgehead atoms. The molecule has 0 aliphatic carbocycles. The van der Waals surface area contributed by atoms with Gasteiger partial charge >= 0.3 is 6.09 Å². The van der Waals surface area contributed by atoms with Crippen LogP contribution in [0.3, 0.4) is 0 Å². The highest BCUT2D eigenvalue weighted by Crippen LogP contribution is 2.53. The normalized spacial score (nSPS) is 17.1. The van der Waals surface area contributed by atoms with Crippen LogP contribution in [0, 0.1) is 0 Å². The molecule has 7 nitrogen and oxygen atoms in total. The van der Waals surface area contributed by atoms with E-state index in [1.807, 2.05) is 42.5 Å². The summed E-state index contributed by atoms with van der Waals surface area (Å²) in [4.78, 5) is 28.9. The molecule has 182 valence electrons. The Kier molecular flexibility index (Phi) is 6.19. The van der Waals surface area contributed by atoms with Crippen molar-refractivity contribution in [3.05, 3.63) is 83.4 Å². The van der Waals surface area contributed by atoms with Gasteiger partial charge in [-0.15, -0.1) is 0 Å². The minimum absolute atomic E-state index is 0.401. The molecule has 0 saturated carbocycles. The second kappa shape index (κ2) is 8.98. The van der Waals surface area contributed by atoms with E-state index in [9.17, 15) is 9.59 Å². The number of hydrogen-bond acceptors (Lipinski definition) is 6. The molecule has 1 aliphatic heterocycles. The molecule has 1 atom stereocenters. The number of anilines is 1. The molecular formula is C28H29NO6. The smallest absolute Gasteiger partial charge is 0.421 e. The van der Waals surface area contributed by atoms with E-state index in [0.717, 1.165) is 4.90 Å². The van der Waals surface area contributed by atoms with Crippen LogP contribution in [0.15, 0.2) is 66.7 Å². The third kappa shape index (κ3) is 3.87. The lowest BCUT2D eigenvalue weighted by Gasteiger charge is -2.31. The van der Waals surface area contributed by atoms with E-state index >= 15 is 0 Å². The lowest BCUT2D eigenvalue weighted by atomic mass is 9.70. The highest BCUT2D eigenvalue weighted by atomic mass is 16.6. The summed E-state index contributed by atoms with van der Waals surface area (Å²) in [5.41, 5.74) is 0.235. The van der Waals surface area contributed by atoms with Crippen molar-refractivity contribution in [1.82, 2.24) is 0 Å². The van der Waals surface area contributed by atoms with Crippen LogP contribution in [0.4, 0.5) is 10.5 Å². The van der Waals surface area contributed by atoms with Crippen molar-refractivity contribution in [2.75, 3.05) is 26.2 Å². The maximum Gasteiger partial charge on any atom is 0.421 e. The lowest BCUT2D eigenvalue weighted by molar-refractivity contribution is -0.120. The number of rotatable bonds is 5. The van der Waals surface area contributed by atoms with E-state index in [4.69, 9.17) is 18.9 Å². The number of hydrogen-bond donors (Lipinski definition) is 0. The van der Waals surface area contributed by atoms with Crippen molar-refractivity contribution in [3.8, 4) is 17.2 Å². The highest BCUT2D eigenvalue weighted by Gasteiger charge is 2.56. The third-order valence-corrected chi connectivity index (χ3v) is 5.95. The number of amides is 2. The number of carbonyl (C=O) groups is 2. The van der Waals surface area contributed by atoms with E-state index in [2.05, 4.69) is 0 Å². The topological polar surface area (TPSA) is 74.3 Å². The molecule has 7 heteroatoms. The zero-order valence-electron chi connectivity index (χ0n) is 20.7. The average molecular weight is 476 g/mol. The van der Waals surface area contributed by atoms with Crippen LogP contribution in [0.2, 0.25) is 0 Å². The number of fused-ring (bicyclic) bond motifs is 1. The van der Waals surface area contributed by atoms with Gasteiger partial charge in [0, 0.05) is 5.56 Å². The van der Waals surface area contributed by atoms with Crippen LogP contribution in [-0.4, -0.2) is 38.9 Å². The summed E-state index contributed by atoms with van der Waals surface area (Å²) < 4.78 is 22.3. The number of methoxy groups -OCH3 is 3. The van der Waals surface area contributed by atoms with Gasteiger partial charge in [0.2, 0.25) is 5.75 Å². The maximum absolute atomic E-state index is 14.5. The van der Waals surface area contributed by atoms with Crippen molar-refractivity contribution in [1.29, 1.82) is 0 Å². The summed E-state index contributed by atoms with van der Waals surface area (Å²) in [5.74, 6) is 0.759. The van der Waals surface area contributed by atoms with Gasteiger partial charge in [-0.3, -0.25) is 4.79 Å². The Hall–Kier alpha value is -4.00. The van der Waals surface area contributed by atoms with Gasteiger partial charge in [-0.2, -0.15) is 0 Å². The Morgan fingerprint density at radius 3 is 1.91 bits per heavy atom. The first-order chi connectivity index (χ1) is 16.7. The number of imide groups is 1. The molecule has 0 aromatic heterocycles. The molecule has 3 aromatic carbocycles. The molecule has 1 unspecified atom stereocenters. The highest BCUT2D eigenvalue weighted by molar-refractivity contribution is 6.24. The molecule has 0 spiro atoms. The van der Waals surface area contributed by atoms with Crippen LogP contribution in [0.1, 0.15) is 37.5 Å². The minimum Gasteiger partial charge on any atom is -0.493 e. The maximum atomic E-state index is 14.5. The number of carbonyl (C=O) groups excluding carboxylic acids is 2. The van der Waals surface area contributed by atoms with Crippen molar-refractivity contribution in [2.24, 2.45) is 0 Å². The molecule has 1 aliphatic rings. The second-order valence-electron chi connectivity index (χ2n) is 9.17. The first-order valence-electron chi connectivity index (χ1n) is 11.2. The van der Waals surface area contributed by atoms with E-state index in [1.54, 1.807) is 45.0 Å². The minimum atomic E-state index is -1.36. The zero-order valence-corrected chi connectivity index (χ0v) is 20.7. The van der Waals surface area contributed by atoms with E-state index < -0.39 is 23.0 Å². The lowest BCUT2D eigenvalue weighted by Crippen LogP contribution is -2.46. The van der Waals surface area contributed by atoms with Crippen LogP contribution in [-0.2, 0) is 14.9 Å². The summed E-state index contributed by atoms with van der Waals surface area (Å²) in [7, 11) is 4.56. The predicted octanol–water partition coefficient (Wildman–Crippen LogP) is 5.33. The fraction of sp³-hybridized carbons (Fsp3) is 0.286. The van der Waals surface area contributed by atoms with Gasteiger partial charge in [0.25, 0.3) is 5.91 Å². The van der Waals surface area contributed by atoms with Gasteiger partial charge in [0.05, 0.1) is 27.0 Å². The first kappa shape index (κ1) is 24.1. The molecule has 4 rings (SSSR count). The van der Waals surface area contributed by atoms with Crippen molar-refractivity contribution in [3.63, 3.8) is 0 Å². The fourth-order valence-electron chi connectivity index (χ4n) is 4.58. The summed E-state index contributed by atoms with van der Waals surface area (Å²) in [6.45, 7) is 5.29. The van der Waals surface area contributed by atoms with Crippen LogP contribution >= 0.6 is 0 Å². The molecule has 1 heterocycles. The first-order valence-corrected chi connectivity index (χ1v) is 11.2. The van der Waals surface area contributed by atoms with Crippen LogP contribution in [0.5, 0.6) is 17.2 Å². The molecular weight excluding hydrogens is 446 g/mol. The third-order valence-electron chi connectivity index (χ3n) is 5.95. The number of nitrogens with zero attached hydrogens (tertiary/aromatic N) is 1. The summed E-state index contributed by atoms with van der Waals surface area (Å²) in [5, 5.41) is 0. The zero-order chi connectivity index (χ0) is 25.4. The Labute approximate surface area is 205 Å². The molecule has 0 N–H and O–H groups in total. The van der Waals surface area contributed by atoms with Gasteiger partial charge in [0.15, 0.2) is 11.5 Å². The summed E-state index contributed by atoms with van der Waals surface area (Å²) in [6, 6.07) is 20.1. The molecule has 3 aromatic rings. The fourth-order valence-corrected chi connectivity index (χ4v) is 4.58. The Bertz CT molecular complexity index is 1240.